The smallest absolute Gasteiger partial charge is 0.337 e. The Labute approximate surface area is 151 Å². The van der Waals surface area contributed by atoms with Gasteiger partial charge in [0.25, 0.3) is 0 Å². The van der Waals surface area contributed by atoms with Gasteiger partial charge in [-0.2, -0.15) is 0 Å². The SMILES string of the molecule is COC(=O)c1ccc(S(=O)(=O)NCC(O)c2ccc3c(c2)CCO3)cc1. The summed E-state index contributed by atoms with van der Waals surface area (Å²) >= 11 is 0. The van der Waals surface area contributed by atoms with E-state index >= 15 is 0 Å². The molecule has 138 valence electrons. The van der Waals surface area contributed by atoms with Gasteiger partial charge in [-0.25, -0.2) is 17.9 Å². The summed E-state index contributed by atoms with van der Waals surface area (Å²) in [7, 11) is -2.56. The summed E-state index contributed by atoms with van der Waals surface area (Å²) in [6.07, 6.45) is -0.209. The van der Waals surface area contributed by atoms with Gasteiger partial charge in [-0.3, -0.25) is 0 Å². The van der Waals surface area contributed by atoms with E-state index in [9.17, 15) is 18.3 Å². The maximum absolute atomic E-state index is 12.3. The van der Waals surface area contributed by atoms with Gasteiger partial charge in [0.15, 0.2) is 0 Å². The molecule has 0 spiro atoms. The van der Waals surface area contributed by atoms with Crippen LogP contribution in [0.3, 0.4) is 0 Å². The largest absolute Gasteiger partial charge is 0.493 e. The summed E-state index contributed by atoms with van der Waals surface area (Å²) in [5, 5.41) is 10.3. The molecule has 1 aliphatic rings. The quantitative estimate of drug-likeness (QED) is 0.738. The van der Waals surface area contributed by atoms with Crippen molar-refractivity contribution in [3.63, 3.8) is 0 Å². The Bertz CT molecular complexity index is 908. The molecule has 0 amide bonds. The Morgan fingerprint density at radius 1 is 1.27 bits per heavy atom. The monoisotopic (exact) mass is 377 g/mol. The molecule has 0 radical (unpaired) electrons. The maximum atomic E-state index is 12.3. The molecule has 1 aliphatic heterocycles. The fourth-order valence-corrected chi connectivity index (χ4v) is 3.73. The van der Waals surface area contributed by atoms with Crippen LogP contribution < -0.4 is 9.46 Å². The second-order valence-electron chi connectivity index (χ2n) is 5.85. The number of nitrogens with one attached hydrogen (secondary N) is 1. The van der Waals surface area contributed by atoms with Crippen molar-refractivity contribution >= 4 is 16.0 Å². The number of sulfonamides is 1. The first-order chi connectivity index (χ1) is 12.4. The second-order valence-corrected chi connectivity index (χ2v) is 7.62. The van der Waals surface area contributed by atoms with Crippen LogP contribution in [0.15, 0.2) is 47.4 Å². The van der Waals surface area contributed by atoms with Gasteiger partial charge < -0.3 is 14.6 Å². The fourth-order valence-electron chi connectivity index (χ4n) is 2.69. The number of hydrogen-bond donors (Lipinski definition) is 2. The first-order valence-electron chi connectivity index (χ1n) is 8.02. The minimum atomic E-state index is -3.81. The molecule has 1 atom stereocenters. The number of hydrogen-bond acceptors (Lipinski definition) is 6. The molecule has 0 saturated heterocycles. The van der Waals surface area contributed by atoms with Gasteiger partial charge in [0.05, 0.1) is 30.3 Å². The van der Waals surface area contributed by atoms with Crippen LogP contribution in [-0.4, -0.2) is 39.8 Å². The highest BCUT2D eigenvalue weighted by Crippen LogP contribution is 2.28. The van der Waals surface area contributed by atoms with Crippen molar-refractivity contribution < 1.29 is 27.8 Å². The van der Waals surface area contributed by atoms with Crippen molar-refractivity contribution in [1.82, 2.24) is 4.72 Å². The standard InChI is InChI=1S/C18H19NO6S/c1-24-18(21)12-2-5-15(6-3-12)26(22,23)19-11-16(20)13-4-7-17-14(10-13)8-9-25-17/h2-7,10,16,19-20H,8-9,11H2,1H3. The van der Waals surface area contributed by atoms with Crippen LogP contribution in [0.1, 0.15) is 27.6 Å². The number of ether oxygens (including phenoxy) is 2. The average molecular weight is 377 g/mol. The molecule has 2 aromatic rings. The molecule has 0 bridgehead atoms. The van der Waals surface area contributed by atoms with Crippen LogP contribution in [-0.2, 0) is 21.2 Å². The van der Waals surface area contributed by atoms with Crippen LogP contribution in [0.2, 0.25) is 0 Å². The van der Waals surface area contributed by atoms with E-state index in [0.29, 0.717) is 12.2 Å². The number of carbonyl (C=O) groups is 1. The highest BCUT2D eigenvalue weighted by molar-refractivity contribution is 7.89. The minimum absolute atomic E-state index is 0.000272. The summed E-state index contributed by atoms with van der Waals surface area (Å²) < 4.78 is 37.1. The summed E-state index contributed by atoms with van der Waals surface area (Å²) in [5.74, 6) is 0.255. The van der Waals surface area contributed by atoms with Gasteiger partial charge in [0.1, 0.15) is 5.75 Å². The topological polar surface area (TPSA) is 102 Å². The minimum Gasteiger partial charge on any atom is -0.493 e. The molecule has 0 aliphatic carbocycles. The average Bonchev–Trinajstić information content (AvgIpc) is 3.13. The van der Waals surface area contributed by atoms with E-state index in [4.69, 9.17) is 4.74 Å². The lowest BCUT2D eigenvalue weighted by atomic mass is 10.0. The van der Waals surface area contributed by atoms with E-state index in [1.54, 1.807) is 12.1 Å². The number of fused-ring (bicyclic) bond motifs is 1. The van der Waals surface area contributed by atoms with E-state index in [-0.39, 0.29) is 17.0 Å². The summed E-state index contributed by atoms with van der Waals surface area (Å²) in [6.45, 7) is 0.448. The Morgan fingerprint density at radius 2 is 2.00 bits per heavy atom. The summed E-state index contributed by atoms with van der Waals surface area (Å²) in [5.41, 5.74) is 1.88. The molecule has 7 nitrogen and oxygen atoms in total. The molecular weight excluding hydrogens is 358 g/mol. The van der Waals surface area contributed by atoms with Gasteiger partial charge in [-0.05, 0) is 47.5 Å². The van der Waals surface area contributed by atoms with Crippen LogP contribution in [0, 0.1) is 0 Å². The number of esters is 1. The Morgan fingerprint density at radius 3 is 2.69 bits per heavy atom. The van der Waals surface area contributed by atoms with Crippen LogP contribution in [0.25, 0.3) is 0 Å². The predicted molar refractivity (Wildman–Crippen MR) is 93.6 cm³/mol. The van der Waals surface area contributed by atoms with Gasteiger partial charge in [0, 0.05) is 13.0 Å². The van der Waals surface area contributed by atoms with Crippen molar-refractivity contribution in [3.05, 3.63) is 59.2 Å². The molecular formula is C18H19NO6S. The van der Waals surface area contributed by atoms with Crippen LogP contribution in [0.4, 0.5) is 0 Å². The number of methoxy groups -OCH3 is 1. The molecule has 2 N–H and O–H groups in total. The molecule has 1 unspecified atom stereocenters. The van der Waals surface area contributed by atoms with E-state index in [1.807, 2.05) is 6.07 Å². The highest BCUT2D eigenvalue weighted by atomic mass is 32.2. The van der Waals surface area contributed by atoms with E-state index in [0.717, 1.165) is 17.7 Å². The zero-order chi connectivity index (χ0) is 18.7. The van der Waals surface area contributed by atoms with Crippen LogP contribution in [0.5, 0.6) is 5.75 Å². The van der Waals surface area contributed by atoms with E-state index in [1.165, 1.54) is 31.4 Å². The molecule has 0 aromatic heterocycles. The lowest BCUT2D eigenvalue weighted by molar-refractivity contribution is 0.0600. The molecule has 0 saturated carbocycles. The zero-order valence-corrected chi connectivity index (χ0v) is 15.0. The molecule has 2 aromatic carbocycles. The van der Waals surface area contributed by atoms with Crippen molar-refractivity contribution in [3.8, 4) is 5.75 Å². The molecule has 1 heterocycles. The van der Waals surface area contributed by atoms with Gasteiger partial charge >= 0.3 is 5.97 Å². The van der Waals surface area contributed by atoms with Crippen molar-refractivity contribution in [2.24, 2.45) is 0 Å². The number of benzene rings is 2. The first kappa shape index (κ1) is 18.4. The van der Waals surface area contributed by atoms with Gasteiger partial charge in [0.2, 0.25) is 10.0 Å². The Hall–Kier alpha value is -2.42. The van der Waals surface area contributed by atoms with E-state index < -0.39 is 22.1 Å². The van der Waals surface area contributed by atoms with E-state index in [2.05, 4.69) is 9.46 Å². The Balaban J connectivity index is 1.67. The van der Waals surface area contributed by atoms with Gasteiger partial charge in [-0.15, -0.1) is 0 Å². The molecule has 0 fully saturated rings. The first-order valence-corrected chi connectivity index (χ1v) is 9.51. The van der Waals surface area contributed by atoms with Crippen molar-refractivity contribution in [2.75, 3.05) is 20.3 Å². The van der Waals surface area contributed by atoms with Gasteiger partial charge in [-0.1, -0.05) is 6.07 Å². The highest BCUT2D eigenvalue weighted by Gasteiger charge is 2.19. The zero-order valence-electron chi connectivity index (χ0n) is 14.1. The number of aliphatic hydroxyl groups excluding tert-OH is 1. The fraction of sp³-hybridized carbons (Fsp3) is 0.278. The number of rotatable bonds is 6. The van der Waals surface area contributed by atoms with Crippen molar-refractivity contribution in [1.29, 1.82) is 0 Å². The third-order valence-electron chi connectivity index (χ3n) is 4.15. The number of aliphatic hydroxyl groups is 1. The third kappa shape index (κ3) is 3.87. The normalized spacial score (nSPS) is 14.4. The molecule has 8 heteroatoms. The Kier molecular flexibility index (Phi) is 5.26. The molecule has 3 rings (SSSR count). The second kappa shape index (κ2) is 7.45. The van der Waals surface area contributed by atoms with Crippen molar-refractivity contribution in [2.45, 2.75) is 17.4 Å². The predicted octanol–water partition coefficient (Wildman–Crippen LogP) is 1.42. The molecule has 26 heavy (non-hydrogen) atoms. The lowest BCUT2D eigenvalue weighted by Gasteiger charge is -2.14. The third-order valence-corrected chi connectivity index (χ3v) is 5.59. The maximum Gasteiger partial charge on any atom is 0.337 e. The van der Waals surface area contributed by atoms with Crippen LogP contribution >= 0.6 is 0 Å². The number of carbonyl (C=O) groups excluding carboxylic acids is 1. The summed E-state index contributed by atoms with van der Waals surface area (Å²) in [4.78, 5) is 11.4. The summed E-state index contributed by atoms with van der Waals surface area (Å²) in [6, 6.07) is 10.7. The lowest BCUT2D eigenvalue weighted by Crippen LogP contribution is -2.28.